The molecule has 1 rings (SSSR count). The van der Waals surface area contributed by atoms with Crippen LogP contribution in [0, 0.1) is 0 Å². The number of aryl methyl sites for hydroxylation is 2. The quantitative estimate of drug-likeness (QED) is 0.503. The average Bonchev–Trinajstić information content (AvgIpc) is 2.31. The Morgan fingerprint density at radius 1 is 1.00 bits per heavy atom. The Morgan fingerprint density at radius 3 is 2.12 bits per heavy atom. The van der Waals surface area contributed by atoms with Crippen LogP contribution in [-0.4, -0.2) is 5.11 Å². The van der Waals surface area contributed by atoms with Gasteiger partial charge in [-0.1, -0.05) is 50.6 Å². The van der Waals surface area contributed by atoms with Crippen molar-refractivity contribution in [3.8, 4) is 0 Å². The third kappa shape index (κ3) is 6.15. The lowest BCUT2D eigenvalue weighted by Gasteiger charge is -2.04. The minimum Gasteiger partial charge on any atom is -0.513 e. The van der Waals surface area contributed by atoms with E-state index in [1.54, 1.807) is 0 Å². The molecule has 1 aromatic rings. The minimum atomic E-state index is 0.314. The van der Waals surface area contributed by atoms with Crippen molar-refractivity contribution in [2.45, 2.75) is 51.9 Å². The van der Waals surface area contributed by atoms with Crippen LogP contribution in [0.15, 0.2) is 36.6 Å². The summed E-state index contributed by atoms with van der Waals surface area (Å²) in [5.41, 5.74) is 2.86. The van der Waals surface area contributed by atoms with Gasteiger partial charge in [0.15, 0.2) is 0 Å². The van der Waals surface area contributed by atoms with Crippen LogP contribution in [0.2, 0.25) is 0 Å². The SMILES string of the molecule is C=C(O)CCCCCc1ccc(CCC)cc1. The predicted octanol–water partition coefficient (Wildman–Crippen LogP) is 4.81. The van der Waals surface area contributed by atoms with Crippen molar-refractivity contribution in [1.82, 2.24) is 0 Å². The van der Waals surface area contributed by atoms with Crippen LogP contribution in [0.1, 0.15) is 50.2 Å². The topological polar surface area (TPSA) is 20.2 Å². The Balaban J connectivity index is 2.20. The van der Waals surface area contributed by atoms with E-state index in [9.17, 15) is 0 Å². The highest BCUT2D eigenvalue weighted by atomic mass is 16.3. The van der Waals surface area contributed by atoms with Gasteiger partial charge < -0.3 is 5.11 Å². The van der Waals surface area contributed by atoms with E-state index in [0.29, 0.717) is 5.76 Å². The summed E-state index contributed by atoms with van der Waals surface area (Å²) in [5.74, 6) is 0.314. The van der Waals surface area contributed by atoms with Gasteiger partial charge in [0.05, 0.1) is 5.76 Å². The number of hydrogen-bond acceptors (Lipinski definition) is 1. The van der Waals surface area contributed by atoms with Gasteiger partial charge in [-0.25, -0.2) is 0 Å². The molecule has 0 bridgehead atoms. The van der Waals surface area contributed by atoms with Crippen LogP contribution in [0.3, 0.4) is 0 Å². The standard InChI is InChI=1S/C16H24O/c1-3-7-15-10-12-16(13-11-15)9-6-4-5-8-14(2)17/h10-13,17H,2-9H2,1H3. The average molecular weight is 232 g/mol. The maximum Gasteiger partial charge on any atom is 0.0851 e. The number of hydrogen-bond donors (Lipinski definition) is 1. The zero-order valence-corrected chi connectivity index (χ0v) is 10.9. The van der Waals surface area contributed by atoms with Crippen LogP contribution in [-0.2, 0) is 12.8 Å². The summed E-state index contributed by atoms with van der Waals surface area (Å²) in [6.07, 6.45) is 7.68. The first-order valence-electron chi connectivity index (χ1n) is 6.67. The molecule has 0 amide bonds. The van der Waals surface area contributed by atoms with Crippen LogP contribution >= 0.6 is 0 Å². The van der Waals surface area contributed by atoms with E-state index in [-0.39, 0.29) is 0 Å². The molecule has 0 aromatic heterocycles. The lowest BCUT2D eigenvalue weighted by molar-refractivity contribution is 0.384. The third-order valence-corrected chi connectivity index (χ3v) is 2.99. The highest BCUT2D eigenvalue weighted by Crippen LogP contribution is 2.11. The molecule has 0 fully saturated rings. The molecule has 0 unspecified atom stereocenters. The largest absolute Gasteiger partial charge is 0.513 e. The van der Waals surface area contributed by atoms with E-state index in [4.69, 9.17) is 5.11 Å². The second-order valence-corrected chi connectivity index (χ2v) is 4.69. The molecule has 94 valence electrons. The van der Waals surface area contributed by atoms with Crippen molar-refractivity contribution in [3.63, 3.8) is 0 Å². The van der Waals surface area contributed by atoms with Gasteiger partial charge in [-0.05, 0) is 36.8 Å². The van der Waals surface area contributed by atoms with Crippen molar-refractivity contribution in [2.24, 2.45) is 0 Å². The second kappa shape index (κ2) is 7.94. The maximum atomic E-state index is 8.96. The molecule has 0 aliphatic heterocycles. The van der Waals surface area contributed by atoms with Gasteiger partial charge in [0.1, 0.15) is 0 Å². The van der Waals surface area contributed by atoms with Gasteiger partial charge in [0, 0.05) is 6.42 Å². The van der Waals surface area contributed by atoms with E-state index in [1.165, 1.54) is 30.4 Å². The van der Waals surface area contributed by atoms with Crippen molar-refractivity contribution < 1.29 is 5.11 Å². The summed E-state index contributed by atoms with van der Waals surface area (Å²) >= 11 is 0. The van der Waals surface area contributed by atoms with E-state index in [1.807, 2.05) is 0 Å². The van der Waals surface area contributed by atoms with E-state index >= 15 is 0 Å². The van der Waals surface area contributed by atoms with E-state index < -0.39 is 0 Å². The maximum absolute atomic E-state index is 8.96. The van der Waals surface area contributed by atoms with Crippen LogP contribution in [0.5, 0.6) is 0 Å². The summed E-state index contributed by atoms with van der Waals surface area (Å²) in [7, 11) is 0. The summed E-state index contributed by atoms with van der Waals surface area (Å²) < 4.78 is 0. The van der Waals surface area contributed by atoms with Gasteiger partial charge in [-0.2, -0.15) is 0 Å². The Labute approximate surface area is 105 Å². The lowest BCUT2D eigenvalue weighted by Crippen LogP contribution is -1.89. The first-order valence-corrected chi connectivity index (χ1v) is 6.67. The highest BCUT2D eigenvalue weighted by molar-refractivity contribution is 5.22. The molecule has 1 nitrogen and oxygen atoms in total. The Bertz CT molecular complexity index is 324. The van der Waals surface area contributed by atoms with Crippen LogP contribution in [0.25, 0.3) is 0 Å². The smallest absolute Gasteiger partial charge is 0.0851 e. The molecule has 0 radical (unpaired) electrons. The molecule has 17 heavy (non-hydrogen) atoms. The number of aliphatic hydroxyl groups is 1. The summed E-state index contributed by atoms with van der Waals surface area (Å²) in [4.78, 5) is 0. The van der Waals surface area contributed by atoms with Crippen molar-refractivity contribution in [1.29, 1.82) is 0 Å². The molecule has 0 spiro atoms. The van der Waals surface area contributed by atoms with Crippen LogP contribution < -0.4 is 0 Å². The summed E-state index contributed by atoms with van der Waals surface area (Å²) in [6.45, 7) is 5.70. The van der Waals surface area contributed by atoms with Gasteiger partial charge >= 0.3 is 0 Å². The molecule has 0 aliphatic rings. The Morgan fingerprint density at radius 2 is 1.59 bits per heavy atom. The lowest BCUT2D eigenvalue weighted by atomic mass is 10.0. The molecule has 0 heterocycles. The molecular formula is C16H24O. The number of benzene rings is 1. The normalized spacial score (nSPS) is 10.4. The molecule has 0 atom stereocenters. The summed E-state index contributed by atoms with van der Waals surface area (Å²) in [5, 5.41) is 8.96. The second-order valence-electron chi connectivity index (χ2n) is 4.69. The first-order chi connectivity index (χ1) is 8.22. The molecule has 0 aliphatic carbocycles. The number of rotatable bonds is 8. The van der Waals surface area contributed by atoms with Gasteiger partial charge in [-0.15, -0.1) is 0 Å². The monoisotopic (exact) mass is 232 g/mol. The van der Waals surface area contributed by atoms with Crippen molar-refractivity contribution >= 4 is 0 Å². The molecular weight excluding hydrogens is 208 g/mol. The highest BCUT2D eigenvalue weighted by Gasteiger charge is 1.96. The molecule has 1 heteroatoms. The Hall–Kier alpha value is -1.24. The molecule has 1 N–H and O–H groups in total. The zero-order chi connectivity index (χ0) is 12.5. The van der Waals surface area contributed by atoms with Gasteiger partial charge in [0.2, 0.25) is 0 Å². The zero-order valence-electron chi connectivity index (χ0n) is 10.9. The van der Waals surface area contributed by atoms with E-state index in [2.05, 4.69) is 37.8 Å². The fraction of sp³-hybridized carbons (Fsp3) is 0.500. The van der Waals surface area contributed by atoms with Crippen molar-refractivity contribution in [2.75, 3.05) is 0 Å². The first kappa shape index (κ1) is 13.8. The number of unbranched alkanes of at least 4 members (excludes halogenated alkanes) is 2. The van der Waals surface area contributed by atoms with Crippen LogP contribution in [0.4, 0.5) is 0 Å². The predicted molar refractivity (Wildman–Crippen MR) is 74.4 cm³/mol. The van der Waals surface area contributed by atoms with Gasteiger partial charge in [-0.3, -0.25) is 0 Å². The minimum absolute atomic E-state index is 0.314. The van der Waals surface area contributed by atoms with Gasteiger partial charge in [0.25, 0.3) is 0 Å². The van der Waals surface area contributed by atoms with E-state index in [0.717, 1.165) is 25.7 Å². The fourth-order valence-electron chi connectivity index (χ4n) is 2.00. The summed E-state index contributed by atoms with van der Waals surface area (Å²) in [6, 6.07) is 8.98. The third-order valence-electron chi connectivity index (χ3n) is 2.99. The number of aliphatic hydroxyl groups excluding tert-OH is 1. The number of allylic oxidation sites excluding steroid dienone is 1. The Kier molecular flexibility index (Phi) is 6.46. The molecule has 0 saturated heterocycles. The fourth-order valence-corrected chi connectivity index (χ4v) is 2.00. The molecule has 1 aromatic carbocycles. The molecule has 0 saturated carbocycles. The van der Waals surface area contributed by atoms with Crippen molar-refractivity contribution in [3.05, 3.63) is 47.7 Å².